The van der Waals surface area contributed by atoms with E-state index in [1.165, 1.54) is 8.45 Å². The maximum Gasteiger partial charge on any atom is 0.148 e. The Morgan fingerprint density at radius 2 is 2.33 bits per heavy atom. The monoisotopic (exact) mass is 414 g/mol. The minimum absolute atomic E-state index is 0.335. The Bertz CT molecular complexity index is 454. The molecule has 2 aromatic heterocycles. The summed E-state index contributed by atoms with van der Waals surface area (Å²) in [7, 11) is 0. The van der Waals surface area contributed by atoms with Crippen molar-refractivity contribution in [2.75, 3.05) is 0 Å². The van der Waals surface area contributed by atoms with Gasteiger partial charge in [0.25, 0.3) is 0 Å². The van der Waals surface area contributed by atoms with Crippen LogP contribution in [0.25, 0.3) is 10.6 Å². The molecular formula is C9H8BrIN2S2. The fraction of sp³-hybridized carbons (Fsp3) is 0.333. The smallest absolute Gasteiger partial charge is 0.142 e. The number of halogens is 2. The average Bonchev–Trinajstić information content (AvgIpc) is 2.84. The van der Waals surface area contributed by atoms with Crippen LogP contribution < -0.4 is 0 Å². The second-order valence-corrected chi connectivity index (χ2v) is 7.88. The molecule has 0 radical (unpaired) electrons. The van der Waals surface area contributed by atoms with Gasteiger partial charge in [-0.2, -0.15) is 0 Å². The highest BCUT2D eigenvalue weighted by molar-refractivity contribution is 14.1. The summed E-state index contributed by atoms with van der Waals surface area (Å²) in [5.74, 6) is 0. The third-order valence-corrected chi connectivity index (χ3v) is 6.14. The SMILES string of the molecule is CCC(Br)c1nnc(-c2csc(I)c2)s1. The van der Waals surface area contributed by atoms with Crippen molar-refractivity contribution in [3.8, 4) is 10.6 Å². The first-order valence-corrected chi connectivity index (χ1v) is 8.11. The maximum atomic E-state index is 4.21. The summed E-state index contributed by atoms with van der Waals surface area (Å²) in [6, 6.07) is 2.14. The molecule has 1 atom stereocenters. The van der Waals surface area contributed by atoms with Gasteiger partial charge in [0.05, 0.1) is 7.71 Å². The Morgan fingerprint density at radius 1 is 1.53 bits per heavy atom. The van der Waals surface area contributed by atoms with Crippen molar-refractivity contribution in [2.45, 2.75) is 18.2 Å². The minimum atomic E-state index is 0.335. The first-order valence-electron chi connectivity index (χ1n) is 4.42. The Labute approximate surface area is 118 Å². The van der Waals surface area contributed by atoms with Crippen LogP contribution in [-0.4, -0.2) is 10.2 Å². The van der Waals surface area contributed by atoms with Gasteiger partial charge in [-0.05, 0) is 35.1 Å². The third-order valence-electron chi connectivity index (χ3n) is 1.88. The Kier molecular flexibility index (Phi) is 4.14. The standard InChI is InChI=1S/C9H8BrIN2S2/c1-2-6(10)9-13-12-8(15-9)5-3-7(11)14-4-5/h3-4,6H,2H2,1H3. The van der Waals surface area contributed by atoms with Crippen molar-refractivity contribution in [1.82, 2.24) is 10.2 Å². The van der Waals surface area contributed by atoms with Gasteiger partial charge in [-0.15, -0.1) is 21.5 Å². The van der Waals surface area contributed by atoms with Gasteiger partial charge in [0, 0.05) is 10.9 Å². The van der Waals surface area contributed by atoms with Crippen molar-refractivity contribution >= 4 is 61.2 Å². The van der Waals surface area contributed by atoms with Crippen LogP contribution in [0.1, 0.15) is 23.2 Å². The second kappa shape index (κ2) is 5.20. The first-order chi connectivity index (χ1) is 7.20. The van der Waals surface area contributed by atoms with Gasteiger partial charge in [-0.1, -0.05) is 34.2 Å². The van der Waals surface area contributed by atoms with Crippen LogP contribution in [0.3, 0.4) is 0 Å². The minimum Gasteiger partial charge on any atom is -0.142 e. The van der Waals surface area contributed by atoms with E-state index in [1.807, 2.05) is 0 Å². The van der Waals surface area contributed by atoms with Crippen LogP contribution in [0.5, 0.6) is 0 Å². The Hall–Kier alpha value is 0.470. The lowest BCUT2D eigenvalue weighted by atomic mass is 10.4. The molecule has 2 heterocycles. The molecule has 6 heteroatoms. The number of nitrogens with zero attached hydrogens (tertiary/aromatic N) is 2. The second-order valence-electron chi connectivity index (χ2n) is 2.96. The molecule has 2 aromatic rings. The van der Waals surface area contributed by atoms with Crippen molar-refractivity contribution in [1.29, 1.82) is 0 Å². The van der Waals surface area contributed by atoms with Crippen molar-refractivity contribution in [2.24, 2.45) is 0 Å². The summed E-state index contributed by atoms with van der Waals surface area (Å²) in [5, 5.41) is 12.6. The zero-order valence-corrected chi connectivity index (χ0v) is 13.3. The van der Waals surface area contributed by atoms with E-state index < -0.39 is 0 Å². The molecule has 2 rings (SSSR count). The predicted molar refractivity (Wildman–Crippen MR) is 77.9 cm³/mol. The molecule has 80 valence electrons. The molecule has 0 amide bonds. The highest BCUT2D eigenvalue weighted by Gasteiger charge is 2.13. The predicted octanol–water partition coefficient (Wildman–Crippen LogP) is 4.72. The molecular weight excluding hydrogens is 407 g/mol. The van der Waals surface area contributed by atoms with Gasteiger partial charge < -0.3 is 0 Å². The van der Waals surface area contributed by atoms with Crippen molar-refractivity contribution in [3.63, 3.8) is 0 Å². The number of thiophene rings is 1. The van der Waals surface area contributed by atoms with E-state index in [-0.39, 0.29) is 0 Å². The molecule has 0 aliphatic heterocycles. The van der Waals surface area contributed by atoms with Crippen LogP contribution in [-0.2, 0) is 0 Å². The Morgan fingerprint density at radius 3 is 2.93 bits per heavy atom. The fourth-order valence-electron chi connectivity index (χ4n) is 1.07. The molecule has 1 unspecified atom stereocenters. The molecule has 0 spiro atoms. The summed E-state index contributed by atoms with van der Waals surface area (Å²) in [6.07, 6.45) is 1.04. The molecule has 0 bridgehead atoms. The highest BCUT2D eigenvalue weighted by Crippen LogP contribution is 2.34. The number of hydrogen-bond donors (Lipinski definition) is 0. The molecule has 0 fully saturated rings. The van der Waals surface area contributed by atoms with Crippen LogP contribution in [0.15, 0.2) is 11.4 Å². The van der Waals surface area contributed by atoms with Gasteiger partial charge in [0.2, 0.25) is 0 Å². The van der Waals surface area contributed by atoms with Crippen LogP contribution in [0.4, 0.5) is 0 Å². The lowest BCUT2D eigenvalue weighted by Crippen LogP contribution is -1.84. The summed E-state index contributed by atoms with van der Waals surface area (Å²) in [4.78, 5) is 0.335. The molecule has 2 nitrogen and oxygen atoms in total. The molecule has 0 saturated carbocycles. The van der Waals surface area contributed by atoms with Crippen molar-refractivity contribution in [3.05, 3.63) is 19.3 Å². The first kappa shape index (κ1) is 11.9. The van der Waals surface area contributed by atoms with E-state index >= 15 is 0 Å². The third kappa shape index (κ3) is 2.78. The topological polar surface area (TPSA) is 25.8 Å². The van der Waals surface area contributed by atoms with Crippen LogP contribution in [0, 0.1) is 2.88 Å². The summed E-state index contributed by atoms with van der Waals surface area (Å²) >= 11 is 9.31. The number of hydrogen-bond acceptors (Lipinski definition) is 4. The lowest BCUT2D eigenvalue weighted by molar-refractivity contribution is 0.870. The van der Waals surface area contributed by atoms with E-state index in [9.17, 15) is 0 Å². The Balaban J connectivity index is 2.27. The van der Waals surface area contributed by atoms with Crippen molar-refractivity contribution < 1.29 is 0 Å². The zero-order valence-electron chi connectivity index (χ0n) is 7.91. The van der Waals surface area contributed by atoms with Gasteiger partial charge in [-0.3, -0.25) is 0 Å². The summed E-state index contributed by atoms with van der Waals surface area (Å²) in [5.41, 5.74) is 1.18. The van der Waals surface area contributed by atoms with Gasteiger partial charge in [0.15, 0.2) is 0 Å². The van der Waals surface area contributed by atoms with Gasteiger partial charge in [-0.25, -0.2) is 0 Å². The fourth-order valence-corrected chi connectivity index (χ4v) is 3.74. The number of aromatic nitrogens is 2. The van der Waals surface area contributed by atoms with Gasteiger partial charge >= 0.3 is 0 Å². The van der Waals surface area contributed by atoms with E-state index in [1.54, 1.807) is 22.7 Å². The molecule has 15 heavy (non-hydrogen) atoms. The zero-order chi connectivity index (χ0) is 10.8. The quantitative estimate of drug-likeness (QED) is 0.536. The molecule has 0 N–H and O–H groups in total. The molecule has 0 aliphatic rings. The molecule has 0 aromatic carbocycles. The van der Waals surface area contributed by atoms with Crippen LogP contribution in [0.2, 0.25) is 0 Å². The molecule has 0 saturated heterocycles. The van der Waals surface area contributed by atoms with E-state index in [0.717, 1.165) is 16.4 Å². The van der Waals surface area contributed by atoms with E-state index in [0.29, 0.717) is 4.83 Å². The lowest BCUT2D eigenvalue weighted by Gasteiger charge is -1.97. The van der Waals surface area contributed by atoms with E-state index in [2.05, 4.69) is 67.1 Å². The number of alkyl halides is 1. The highest BCUT2D eigenvalue weighted by atomic mass is 127. The van der Waals surface area contributed by atoms with E-state index in [4.69, 9.17) is 0 Å². The summed E-state index contributed by atoms with van der Waals surface area (Å²) < 4.78 is 1.28. The average molecular weight is 415 g/mol. The summed E-state index contributed by atoms with van der Waals surface area (Å²) in [6.45, 7) is 2.13. The maximum absolute atomic E-state index is 4.21. The molecule has 0 aliphatic carbocycles. The normalized spacial score (nSPS) is 13.0. The van der Waals surface area contributed by atoms with Crippen LogP contribution >= 0.6 is 61.2 Å². The number of rotatable bonds is 3. The van der Waals surface area contributed by atoms with Gasteiger partial charge in [0.1, 0.15) is 10.0 Å². The largest absolute Gasteiger partial charge is 0.148 e.